The van der Waals surface area contributed by atoms with Gasteiger partial charge in [-0.2, -0.15) is 0 Å². The first-order chi connectivity index (χ1) is 8.09. The van der Waals surface area contributed by atoms with Crippen LogP contribution in [0.5, 0.6) is 0 Å². The van der Waals surface area contributed by atoms with E-state index in [4.69, 9.17) is 5.73 Å². The fourth-order valence-corrected chi connectivity index (χ4v) is 2.17. The van der Waals surface area contributed by atoms with E-state index in [2.05, 4.69) is 10.6 Å². The molecular weight excluding hydrogens is 218 g/mol. The molecule has 1 rings (SSSR count). The topological polar surface area (TPSA) is 84.2 Å². The molecule has 0 saturated carbocycles. The Balaban J connectivity index is 2.66. The molecule has 5 heteroatoms. The average Bonchev–Trinajstić information content (AvgIpc) is 2.35. The zero-order valence-corrected chi connectivity index (χ0v) is 10.7. The second kappa shape index (κ2) is 6.00. The van der Waals surface area contributed by atoms with Crippen molar-refractivity contribution in [2.45, 2.75) is 45.6 Å². The molecule has 98 valence electrons. The summed E-state index contributed by atoms with van der Waals surface area (Å²) in [5.41, 5.74) is 5.18. The van der Waals surface area contributed by atoms with Gasteiger partial charge >= 0.3 is 0 Å². The van der Waals surface area contributed by atoms with Crippen LogP contribution in [-0.2, 0) is 9.59 Å². The van der Waals surface area contributed by atoms with Crippen molar-refractivity contribution >= 4 is 11.8 Å². The summed E-state index contributed by atoms with van der Waals surface area (Å²) in [6, 6.07) is -0.389. The molecule has 1 saturated heterocycles. The number of nitrogens with two attached hydrogens (primary N) is 1. The first kappa shape index (κ1) is 14.0. The molecule has 0 aromatic rings. The van der Waals surface area contributed by atoms with E-state index >= 15 is 0 Å². The second-order valence-electron chi connectivity index (χ2n) is 4.65. The molecule has 0 aromatic heterocycles. The Morgan fingerprint density at radius 3 is 2.65 bits per heavy atom. The zero-order valence-electron chi connectivity index (χ0n) is 10.7. The van der Waals surface area contributed by atoms with Gasteiger partial charge in [0.15, 0.2) is 0 Å². The van der Waals surface area contributed by atoms with E-state index in [9.17, 15) is 9.59 Å². The summed E-state index contributed by atoms with van der Waals surface area (Å²) in [4.78, 5) is 23.8. The van der Waals surface area contributed by atoms with E-state index in [1.54, 1.807) is 0 Å². The normalized spacial score (nSPS) is 20.9. The number of amides is 2. The highest BCUT2D eigenvalue weighted by atomic mass is 16.2. The number of rotatable bonds is 5. The maximum absolute atomic E-state index is 12.2. The van der Waals surface area contributed by atoms with Gasteiger partial charge in [0.1, 0.15) is 6.04 Å². The van der Waals surface area contributed by atoms with Gasteiger partial charge in [-0.05, 0) is 25.7 Å². The lowest BCUT2D eigenvalue weighted by Crippen LogP contribution is -2.55. The predicted molar refractivity (Wildman–Crippen MR) is 66.2 cm³/mol. The third-order valence-electron chi connectivity index (χ3n) is 3.82. The maximum atomic E-state index is 12.2. The standard InChI is InChI=1S/C12H23N3O2/c1-3-12(4-2,8-13)11(17)15-9-6-5-7-14-10(9)16/h9H,3-8,13H2,1-2H3,(H,14,16)(H,15,17). The smallest absolute Gasteiger partial charge is 0.242 e. The summed E-state index contributed by atoms with van der Waals surface area (Å²) in [5.74, 6) is -0.172. The number of hydrogen-bond donors (Lipinski definition) is 3. The van der Waals surface area contributed by atoms with Crippen LogP contribution in [0.15, 0.2) is 0 Å². The van der Waals surface area contributed by atoms with Crippen LogP contribution in [0.25, 0.3) is 0 Å². The highest BCUT2D eigenvalue weighted by Crippen LogP contribution is 2.25. The number of piperidine rings is 1. The Morgan fingerprint density at radius 1 is 1.53 bits per heavy atom. The van der Waals surface area contributed by atoms with Gasteiger partial charge in [0, 0.05) is 13.1 Å². The van der Waals surface area contributed by atoms with Gasteiger partial charge < -0.3 is 16.4 Å². The molecule has 1 fully saturated rings. The Bertz CT molecular complexity index is 279. The largest absolute Gasteiger partial charge is 0.354 e. The van der Waals surface area contributed by atoms with Gasteiger partial charge in [-0.15, -0.1) is 0 Å². The van der Waals surface area contributed by atoms with Crippen molar-refractivity contribution in [3.63, 3.8) is 0 Å². The molecule has 4 N–H and O–H groups in total. The van der Waals surface area contributed by atoms with E-state index in [0.717, 1.165) is 6.42 Å². The van der Waals surface area contributed by atoms with Crippen molar-refractivity contribution in [2.24, 2.45) is 11.1 Å². The highest BCUT2D eigenvalue weighted by molar-refractivity contribution is 5.90. The molecule has 5 nitrogen and oxygen atoms in total. The summed E-state index contributed by atoms with van der Waals surface area (Å²) in [6.07, 6.45) is 3.01. The first-order valence-corrected chi connectivity index (χ1v) is 6.38. The van der Waals surface area contributed by atoms with Crippen LogP contribution in [0, 0.1) is 5.41 Å². The van der Waals surface area contributed by atoms with Crippen molar-refractivity contribution in [3.05, 3.63) is 0 Å². The van der Waals surface area contributed by atoms with Gasteiger partial charge in [-0.25, -0.2) is 0 Å². The Labute approximate surface area is 103 Å². The lowest BCUT2D eigenvalue weighted by atomic mass is 9.81. The Hall–Kier alpha value is -1.10. The minimum Gasteiger partial charge on any atom is -0.354 e. The first-order valence-electron chi connectivity index (χ1n) is 6.38. The van der Waals surface area contributed by atoms with Gasteiger partial charge in [-0.1, -0.05) is 13.8 Å². The molecule has 0 radical (unpaired) electrons. The van der Waals surface area contributed by atoms with E-state index < -0.39 is 5.41 Å². The lowest BCUT2D eigenvalue weighted by Gasteiger charge is -2.32. The van der Waals surface area contributed by atoms with Crippen molar-refractivity contribution in [2.75, 3.05) is 13.1 Å². The molecule has 1 unspecified atom stereocenters. The molecule has 0 spiro atoms. The molecular formula is C12H23N3O2. The predicted octanol–water partition coefficient (Wildman–Crippen LogP) is 0.146. The minimum absolute atomic E-state index is 0.0808. The van der Waals surface area contributed by atoms with Crippen LogP contribution in [0.2, 0.25) is 0 Å². The Morgan fingerprint density at radius 2 is 2.18 bits per heavy atom. The third kappa shape index (κ3) is 2.97. The van der Waals surface area contributed by atoms with Gasteiger partial charge in [-0.3, -0.25) is 9.59 Å². The van der Waals surface area contributed by atoms with Crippen LogP contribution in [0.1, 0.15) is 39.5 Å². The minimum atomic E-state index is -0.530. The molecule has 0 bridgehead atoms. The summed E-state index contributed by atoms with van der Waals surface area (Å²) in [6.45, 7) is 4.93. The molecule has 0 aliphatic carbocycles. The summed E-state index contributed by atoms with van der Waals surface area (Å²) >= 11 is 0. The molecule has 0 aromatic carbocycles. The average molecular weight is 241 g/mol. The maximum Gasteiger partial charge on any atom is 0.242 e. The summed E-state index contributed by atoms with van der Waals surface area (Å²) < 4.78 is 0. The van der Waals surface area contributed by atoms with Crippen LogP contribution in [0.3, 0.4) is 0 Å². The second-order valence-corrected chi connectivity index (χ2v) is 4.65. The quantitative estimate of drug-likeness (QED) is 0.640. The fraction of sp³-hybridized carbons (Fsp3) is 0.833. The highest BCUT2D eigenvalue weighted by Gasteiger charge is 2.36. The number of carbonyl (C=O) groups is 2. The van der Waals surface area contributed by atoms with Crippen molar-refractivity contribution in [1.29, 1.82) is 0 Å². The molecule has 1 atom stereocenters. The van der Waals surface area contributed by atoms with Crippen molar-refractivity contribution in [1.82, 2.24) is 10.6 Å². The SMILES string of the molecule is CCC(CC)(CN)C(=O)NC1CCCNC1=O. The molecule has 17 heavy (non-hydrogen) atoms. The van der Waals surface area contributed by atoms with E-state index in [-0.39, 0.29) is 17.9 Å². The van der Waals surface area contributed by atoms with Gasteiger partial charge in [0.2, 0.25) is 11.8 Å². The molecule has 1 heterocycles. The zero-order chi connectivity index (χ0) is 12.9. The third-order valence-corrected chi connectivity index (χ3v) is 3.82. The molecule has 1 aliphatic heterocycles. The summed E-state index contributed by atoms with van der Waals surface area (Å²) in [7, 11) is 0. The van der Waals surface area contributed by atoms with Crippen LogP contribution in [-0.4, -0.2) is 30.9 Å². The summed E-state index contributed by atoms with van der Waals surface area (Å²) in [5, 5.41) is 5.59. The van der Waals surface area contributed by atoms with Crippen LogP contribution < -0.4 is 16.4 Å². The van der Waals surface area contributed by atoms with E-state index in [1.807, 2.05) is 13.8 Å². The number of hydrogen-bond acceptors (Lipinski definition) is 3. The van der Waals surface area contributed by atoms with Crippen LogP contribution in [0.4, 0.5) is 0 Å². The molecule has 2 amide bonds. The van der Waals surface area contributed by atoms with Crippen molar-refractivity contribution in [3.8, 4) is 0 Å². The fourth-order valence-electron chi connectivity index (χ4n) is 2.17. The van der Waals surface area contributed by atoms with E-state index in [0.29, 0.717) is 32.4 Å². The number of carbonyl (C=O) groups excluding carboxylic acids is 2. The monoisotopic (exact) mass is 241 g/mol. The Kier molecular flexibility index (Phi) is 4.93. The van der Waals surface area contributed by atoms with Gasteiger partial charge in [0.25, 0.3) is 0 Å². The van der Waals surface area contributed by atoms with Crippen molar-refractivity contribution < 1.29 is 9.59 Å². The van der Waals surface area contributed by atoms with E-state index in [1.165, 1.54) is 0 Å². The van der Waals surface area contributed by atoms with Gasteiger partial charge in [0.05, 0.1) is 5.41 Å². The number of nitrogens with one attached hydrogen (secondary N) is 2. The lowest BCUT2D eigenvalue weighted by molar-refractivity contribution is -0.136. The van der Waals surface area contributed by atoms with Crippen LogP contribution >= 0.6 is 0 Å². The molecule has 1 aliphatic rings.